The summed E-state index contributed by atoms with van der Waals surface area (Å²) in [6.07, 6.45) is 4.87. The van der Waals surface area contributed by atoms with E-state index in [2.05, 4.69) is 5.32 Å². The van der Waals surface area contributed by atoms with Crippen LogP contribution in [0.15, 0.2) is 22.8 Å². The van der Waals surface area contributed by atoms with E-state index in [1.54, 1.807) is 17.2 Å². The topological polar surface area (TPSA) is 82.8 Å². The lowest BCUT2D eigenvalue weighted by atomic mass is 10.1. The molecule has 2 saturated carbocycles. The number of hydrogen-bond acceptors (Lipinski definition) is 3. The number of urea groups is 1. The second kappa shape index (κ2) is 4.85. The smallest absolute Gasteiger partial charge is 0.318 e. The Bertz CT molecular complexity index is 503. The van der Waals surface area contributed by atoms with Crippen molar-refractivity contribution < 1.29 is 19.1 Å². The second-order valence-electron chi connectivity index (χ2n) is 5.68. The van der Waals surface area contributed by atoms with Gasteiger partial charge in [0, 0.05) is 12.6 Å². The highest BCUT2D eigenvalue weighted by molar-refractivity contribution is 5.80. The number of nitrogens with one attached hydrogen (secondary N) is 1. The van der Waals surface area contributed by atoms with Crippen LogP contribution in [0, 0.1) is 5.41 Å². The van der Waals surface area contributed by atoms with E-state index in [4.69, 9.17) is 9.52 Å². The molecule has 0 bridgehead atoms. The van der Waals surface area contributed by atoms with Crippen LogP contribution in [-0.4, -0.2) is 34.6 Å². The van der Waals surface area contributed by atoms with Crippen LogP contribution in [0.2, 0.25) is 0 Å². The molecule has 2 amide bonds. The van der Waals surface area contributed by atoms with Gasteiger partial charge in [-0.05, 0) is 37.8 Å². The minimum absolute atomic E-state index is 0.198. The Morgan fingerprint density at radius 2 is 2.20 bits per heavy atom. The van der Waals surface area contributed by atoms with Crippen molar-refractivity contribution >= 4 is 12.0 Å². The van der Waals surface area contributed by atoms with Gasteiger partial charge in [-0.3, -0.25) is 4.79 Å². The largest absolute Gasteiger partial charge is 0.481 e. The summed E-state index contributed by atoms with van der Waals surface area (Å²) < 4.78 is 5.27. The standard InChI is InChI=1S/C14H18N2O4/c17-12(18)14(5-6-14)9-15-13(19)16(10-3-4-10)8-11-2-1-7-20-11/h1-2,7,10H,3-6,8-9H2,(H,15,19)(H,17,18). The summed E-state index contributed by atoms with van der Waals surface area (Å²) in [6.45, 7) is 0.645. The quantitative estimate of drug-likeness (QED) is 0.831. The van der Waals surface area contributed by atoms with E-state index in [9.17, 15) is 9.59 Å². The van der Waals surface area contributed by atoms with Crippen molar-refractivity contribution in [3.8, 4) is 0 Å². The predicted molar refractivity (Wildman–Crippen MR) is 70.0 cm³/mol. The molecule has 2 aliphatic rings. The van der Waals surface area contributed by atoms with Crippen LogP contribution in [0.3, 0.4) is 0 Å². The Labute approximate surface area is 116 Å². The third-order valence-corrected chi connectivity index (χ3v) is 4.04. The molecule has 20 heavy (non-hydrogen) atoms. The van der Waals surface area contributed by atoms with Gasteiger partial charge in [0.25, 0.3) is 0 Å². The van der Waals surface area contributed by atoms with Crippen molar-refractivity contribution in [3.63, 3.8) is 0 Å². The normalized spacial score (nSPS) is 19.4. The Morgan fingerprint density at radius 1 is 1.45 bits per heavy atom. The van der Waals surface area contributed by atoms with Crippen LogP contribution in [0.25, 0.3) is 0 Å². The third kappa shape index (κ3) is 2.64. The van der Waals surface area contributed by atoms with Gasteiger partial charge in [-0.2, -0.15) is 0 Å². The number of rotatable bonds is 6. The van der Waals surface area contributed by atoms with Crippen molar-refractivity contribution in [3.05, 3.63) is 24.2 Å². The maximum absolute atomic E-state index is 12.2. The van der Waals surface area contributed by atoms with Crippen molar-refractivity contribution in [2.24, 2.45) is 5.41 Å². The summed E-state index contributed by atoms with van der Waals surface area (Å²) in [5, 5.41) is 11.9. The van der Waals surface area contributed by atoms with Crippen molar-refractivity contribution in [1.82, 2.24) is 10.2 Å². The SMILES string of the molecule is O=C(NCC1(C(=O)O)CC1)N(Cc1ccco1)C1CC1. The van der Waals surface area contributed by atoms with Crippen LogP contribution < -0.4 is 5.32 Å². The molecular weight excluding hydrogens is 260 g/mol. The first kappa shape index (κ1) is 13.0. The number of carbonyl (C=O) groups excluding carboxylic acids is 1. The highest BCUT2D eigenvalue weighted by Gasteiger charge is 2.50. The maximum atomic E-state index is 12.2. The highest BCUT2D eigenvalue weighted by Crippen LogP contribution is 2.45. The molecule has 2 aliphatic carbocycles. The molecule has 108 valence electrons. The Balaban J connectivity index is 1.57. The number of furan rings is 1. The van der Waals surface area contributed by atoms with Gasteiger partial charge in [0.1, 0.15) is 5.76 Å². The molecular formula is C14H18N2O4. The van der Waals surface area contributed by atoms with E-state index in [1.807, 2.05) is 6.07 Å². The van der Waals surface area contributed by atoms with E-state index >= 15 is 0 Å². The van der Waals surface area contributed by atoms with Crippen LogP contribution in [0.5, 0.6) is 0 Å². The zero-order valence-corrected chi connectivity index (χ0v) is 11.2. The predicted octanol–water partition coefficient (Wildman–Crippen LogP) is 1.82. The van der Waals surface area contributed by atoms with Crippen molar-refractivity contribution in [2.45, 2.75) is 38.3 Å². The molecule has 0 aromatic carbocycles. The van der Waals surface area contributed by atoms with Gasteiger partial charge in [-0.1, -0.05) is 0 Å². The minimum atomic E-state index is -0.818. The monoisotopic (exact) mass is 278 g/mol. The molecule has 1 aromatic heterocycles. The Morgan fingerprint density at radius 3 is 2.70 bits per heavy atom. The first-order chi connectivity index (χ1) is 9.61. The first-order valence-electron chi connectivity index (χ1n) is 6.91. The Hall–Kier alpha value is -1.98. The van der Waals surface area contributed by atoms with E-state index in [0.29, 0.717) is 19.4 Å². The lowest BCUT2D eigenvalue weighted by Crippen LogP contribution is -2.44. The number of amides is 2. The van der Waals surface area contributed by atoms with Gasteiger partial charge in [0.15, 0.2) is 0 Å². The number of hydrogen-bond donors (Lipinski definition) is 2. The lowest BCUT2D eigenvalue weighted by Gasteiger charge is -2.23. The Kier molecular flexibility index (Phi) is 3.16. The molecule has 6 heteroatoms. The van der Waals surface area contributed by atoms with E-state index < -0.39 is 11.4 Å². The van der Waals surface area contributed by atoms with Gasteiger partial charge in [-0.25, -0.2) is 4.79 Å². The van der Waals surface area contributed by atoms with Crippen LogP contribution in [-0.2, 0) is 11.3 Å². The molecule has 0 saturated heterocycles. The van der Waals surface area contributed by atoms with Gasteiger partial charge in [-0.15, -0.1) is 0 Å². The molecule has 0 atom stereocenters. The summed E-state index contributed by atoms with van der Waals surface area (Å²) in [6, 6.07) is 3.68. The molecule has 0 unspecified atom stereocenters. The van der Waals surface area contributed by atoms with Gasteiger partial charge in [0.05, 0.1) is 18.2 Å². The molecule has 0 radical (unpaired) electrons. The number of carboxylic acid groups (broad SMARTS) is 1. The fraction of sp³-hybridized carbons (Fsp3) is 0.571. The third-order valence-electron chi connectivity index (χ3n) is 4.04. The number of carboxylic acids is 1. The van der Waals surface area contributed by atoms with Crippen molar-refractivity contribution in [2.75, 3.05) is 6.54 Å². The molecule has 1 heterocycles. The minimum Gasteiger partial charge on any atom is -0.481 e. The molecule has 1 aromatic rings. The maximum Gasteiger partial charge on any atom is 0.318 e. The molecule has 2 fully saturated rings. The zero-order valence-electron chi connectivity index (χ0n) is 11.2. The summed E-state index contributed by atoms with van der Waals surface area (Å²) in [5.41, 5.74) is -0.727. The van der Waals surface area contributed by atoms with Crippen LogP contribution >= 0.6 is 0 Å². The van der Waals surface area contributed by atoms with E-state index in [1.165, 1.54) is 0 Å². The fourth-order valence-corrected chi connectivity index (χ4v) is 2.29. The van der Waals surface area contributed by atoms with Gasteiger partial charge in [0.2, 0.25) is 0 Å². The highest BCUT2D eigenvalue weighted by atomic mass is 16.4. The second-order valence-corrected chi connectivity index (χ2v) is 5.68. The van der Waals surface area contributed by atoms with E-state index in [0.717, 1.165) is 18.6 Å². The number of aliphatic carboxylic acids is 1. The summed E-state index contributed by atoms with van der Waals surface area (Å²) in [5.74, 6) is -0.0757. The molecule has 0 spiro atoms. The van der Waals surface area contributed by atoms with E-state index in [-0.39, 0.29) is 18.6 Å². The molecule has 2 N–H and O–H groups in total. The van der Waals surface area contributed by atoms with Crippen molar-refractivity contribution in [1.29, 1.82) is 0 Å². The average Bonchev–Trinajstić information content (AvgIpc) is 3.34. The number of nitrogens with zero attached hydrogens (tertiary/aromatic N) is 1. The van der Waals surface area contributed by atoms with Gasteiger partial charge >= 0.3 is 12.0 Å². The summed E-state index contributed by atoms with van der Waals surface area (Å²) in [7, 11) is 0. The van der Waals surface area contributed by atoms with Crippen LogP contribution in [0.4, 0.5) is 4.79 Å². The molecule has 6 nitrogen and oxygen atoms in total. The number of carbonyl (C=O) groups is 2. The lowest BCUT2D eigenvalue weighted by molar-refractivity contribution is -0.143. The molecule has 3 rings (SSSR count). The van der Waals surface area contributed by atoms with Gasteiger partial charge < -0.3 is 19.7 Å². The summed E-state index contributed by atoms with van der Waals surface area (Å²) >= 11 is 0. The average molecular weight is 278 g/mol. The van der Waals surface area contributed by atoms with Crippen LogP contribution in [0.1, 0.15) is 31.4 Å². The molecule has 0 aliphatic heterocycles. The first-order valence-corrected chi connectivity index (χ1v) is 6.91. The fourth-order valence-electron chi connectivity index (χ4n) is 2.29. The summed E-state index contributed by atoms with van der Waals surface area (Å²) in [4.78, 5) is 25.0. The zero-order chi connectivity index (χ0) is 14.2.